The van der Waals surface area contributed by atoms with E-state index >= 15 is 0 Å². The molecule has 1 aromatic heterocycles. The third-order valence-corrected chi connectivity index (χ3v) is 3.77. The van der Waals surface area contributed by atoms with Crippen LogP contribution in [0.1, 0.15) is 55.6 Å². The molecular formula is C13H24N2S. The van der Waals surface area contributed by atoms with Crippen molar-refractivity contribution in [2.45, 2.75) is 59.4 Å². The Bertz CT molecular complexity index is 294. The van der Waals surface area contributed by atoms with E-state index < -0.39 is 0 Å². The van der Waals surface area contributed by atoms with Gasteiger partial charge in [-0.25, -0.2) is 4.98 Å². The van der Waals surface area contributed by atoms with Crippen LogP contribution in [0.15, 0.2) is 0 Å². The summed E-state index contributed by atoms with van der Waals surface area (Å²) < 4.78 is 0. The standard InChI is InChI=1S/C13H24N2S/c1-4-7-8-13-15-11(6-3)12(16-13)10-14-9-5-2/h14H,4-10H2,1-3H3. The van der Waals surface area contributed by atoms with Crippen molar-refractivity contribution in [2.75, 3.05) is 6.54 Å². The lowest BCUT2D eigenvalue weighted by molar-refractivity contribution is 0.676. The van der Waals surface area contributed by atoms with Crippen LogP contribution in [0, 0.1) is 0 Å². The van der Waals surface area contributed by atoms with Crippen molar-refractivity contribution < 1.29 is 0 Å². The minimum absolute atomic E-state index is 1.00. The fourth-order valence-corrected chi connectivity index (χ4v) is 2.83. The molecule has 2 nitrogen and oxygen atoms in total. The molecule has 0 radical (unpaired) electrons. The summed E-state index contributed by atoms with van der Waals surface area (Å²) >= 11 is 1.90. The number of thiazole rings is 1. The van der Waals surface area contributed by atoms with Gasteiger partial charge in [0.1, 0.15) is 0 Å². The molecule has 0 aliphatic heterocycles. The highest BCUT2D eigenvalue weighted by Crippen LogP contribution is 2.20. The molecule has 0 fully saturated rings. The van der Waals surface area contributed by atoms with Crippen molar-refractivity contribution in [3.05, 3.63) is 15.6 Å². The number of hydrogen-bond acceptors (Lipinski definition) is 3. The maximum Gasteiger partial charge on any atom is 0.0931 e. The molecule has 0 saturated carbocycles. The average Bonchev–Trinajstić information content (AvgIpc) is 2.69. The Labute approximate surface area is 103 Å². The van der Waals surface area contributed by atoms with Crippen molar-refractivity contribution in [1.82, 2.24) is 10.3 Å². The van der Waals surface area contributed by atoms with E-state index in [1.54, 1.807) is 0 Å². The Hall–Kier alpha value is -0.410. The Kier molecular flexibility index (Phi) is 6.65. The SMILES string of the molecule is CCCCc1nc(CC)c(CNCCC)s1. The maximum absolute atomic E-state index is 4.72. The summed E-state index contributed by atoms with van der Waals surface area (Å²) in [5.41, 5.74) is 1.31. The number of hydrogen-bond donors (Lipinski definition) is 1. The van der Waals surface area contributed by atoms with E-state index in [9.17, 15) is 0 Å². The van der Waals surface area contributed by atoms with E-state index in [4.69, 9.17) is 4.98 Å². The number of nitrogens with one attached hydrogen (secondary N) is 1. The van der Waals surface area contributed by atoms with E-state index in [-0.39, 0.29) is 0 Å². The Balaban J connectivity index is 2.55. The third-order valence-electron chi connectivity index (χ3n) is 2.61. The largest absolute Gasteiger partial charge is 0.312 e. The third kappa shape index (κ3) is 4.22. The lowest BCUT2D eigenvalue weighted by Gasteiger charge is -2.01. The van der Waals surface area contributed by atoms with Gasteiger partial charge < -0.3 is 5.32 Å². The van der Waals surface area contributed by atoms with Gasteiger partial charge in [0.25, 0.3) is 0 Å². The lowest BCUT2D eigenvalue weighted by atomic mass is 10.2. The van der Waals surface area contributed by atoms with Gasteiger partial charge in [0.05, 0.1) is 10.7 Å². The zero-order chi connectivity index (χ0) is 11.8. The van der Waals surface area contributed by atoms with Crippen molar-refractivity contribution in [2.24, 2.45) is 0 Å². The van der Waals surface area contributed by atoms with Crippen LogP contribution in [-0.2, 0) is 19.4 Å². The second-order valence-electron chi connectivity index (χ2n) is 4.11. The number of rotatable bonds is 8. The van der Waals surface area contributed by atoms with Crippen molar-refractivity contribution in [3.63, 3.8) is 0 Å². The number of aromatic nitrogens is 1. The smallest absolute Gasteiger partial charge is 0.0931 e. The first-order chi connectivity index (χ1) is 7.81. The minimum Gasteiger partial charge on any atom is -0.312 e. The predicted octanol–water partition coefficient (Wildman–Crippen LogP) is 3.55. The van der Waals surface area contributed by atoms with Gasteiger partial charge in [-0.2, -0.15) is 0 Å². The summed E-state index contributed by atoms with van der Waals surface area (Å²) in [5.74, 6) is 0. The first-order valence-corrected chi connectivity index (χ1v) is 7.31. The van der Waals surface area contributed by atoms with Crippen molar-refractivity contribution in [3.8, 4) is 0 Å². The molecular weight excluding hydrogens is 216 g/mol. The molecule has 0 bridgehead atoms. The summed E-state index contributed by atoms with van der Waals surface area (Å²) in [7, 11) is 0. The molecule has 16 heavy (non-hydrogen) atoms. The van der Waals surface area contributed by atoms with Crippen LogP contribution in [0.2, 0.25) is 0 Å². The van der Waals surface area contributed by atoms with Gasteiger partial charge in [-0.05, 0) is 32.2 Å². The molecule has 0 spiro atoms. The van der Waals surface area contributed by atoms with Crippen molar-refractivity contribution in [1.29, 1.82) is 0 Å². The highest BCUT2D eigenvalue weighted by atomic mass is 32.1. The number of aryl methyl sites for hydroxylation is 2. The molecule has 1 aromatic rings. The predicted molar refractivity (Wildman–Crippen MR) is 72.1 cm³/mol. The van der Waals surface area contributed by atoms with Crippen LogP contribution in [0.5, 0.6) is 0 Å². The summed E-state index contributed by atoms with van der Waals surface area (Å²) in [6, 6.07) is 0. The van der Waals surface area contributed by atoms with Gasteiger partial charge in [-0.15, -0.1) is 11.3 Å². The summed E-state index contributed by atoms with van der Waals surface area (Å²) in [6.45, 7) is 8.74. The van der Waals surface area contributed by atoms with Crippen LogP contribution in [0.25, 0.3) is 0 Å². The first kappa shape index (κ1) is 13.7. The van der Waals surface area contributed by atoms with Gasteiger partial charge >= 0.3 is 0 Å². The first-order valence-electron chi connectivity index (χ1n) is 6.49. The topological polar surface area (TPSA) is 24.9 Å². The van der Waals surface area contributed by atoms with Crippen LogP contribution >= 0.6 is 11.3 Å². The molecule has 3 heteroatoms. The number of nitrogens with zero attached hydrogens (tertiary/aromatic N) is 1. The monoisotopic (exact) mass is 240 g/mol. The van der Waals surface area contributed by atoms with Gasteiger partial charge in [0.15, 0.2) is 0 Å². The average molecular weight is 240 g/mol. The highest BCUT2D eigenvalue weighted by molar-refractivity contribution is 7.11. The quantitative estimate of drug-likeness (QED) is 0.703. The van der Waals surface area contributed by atoms with E-state index in [2.05, 4.69) is 26.1 Å². The summed E-state index contributed by atoms with van der Waals surface area (Å²) in [5, 5.41) is 4.79. The summed E-state index contributed by atoms with van der Waals surface area (Å²) in [4.78, 5) is 6.17. The molecule has 0 saturated heterocycles. The van der Waals surface area contributed by atoms with Gasteiger partial charge in [0, 0.05) is 11.4 Å². The lowest BCUT2D eigenvalue weighted by Crippen LogP contribution is -2.13. The highest BCUT2D eigenvalue weighted by Gasteiger charge is 2.08. The van der Waals surface area contributed by atoms with E-state index in [0.29, 0.717) is 0 Å². The molecule has 92 valence electrons. The van der Waals surface area contributed by atoms with Crippen molar-refractivity contribution >= 4 is 11.3 Å². The second-order valence-corrected chi connectivity index (χ2v) is 5.28. The Morgan fingerprint density at radius 1 is 1.19 bits per heavy atom. The van der Waals surface area contributed by atoms with Gasteiger partial charge in [0.2, 0.25) is 0 Å². The van der Waals surface area contributed by atoms with E-state index in [1.807, 2.05) is 11.3 Å². The molecule has 1 heterocycles. The maximum atomic E-state index is 4.72. The second kappa shape index (κ2) is 7.80. The molecule has 0 atom stereocenters. The Morgan fingerprint density at radius 3 is 2.62 bits per heavy atom. The molecule has 0 aliphatic rings. The molecule has 0 amide bonds. The molecule has 1 N–H and O–H groups in total. The molecule has 1 rings (SSSR count). The summed E-state index contributed by atoms with van der Waals surface area (Å²) in [6.07, 6.45) is 5.93. The molecule has 0 aliphatic carbocycles. The Morgan fingerprint density at radius 2 is 2.00 bits per heavy atom. The minimum atomic E-state index is 1.00. The molecule has 0 aromatic carbocycles. The fraction of sp³-hybridized carbons (Fsp3) is 0.769. The van der Waals surface area contributed by atoms with Crippen LogP contribution < -0.4 is 5.32 Å². The van der Waals surface area contributed by atoms with Crippen LogP contribution in [0.4, 0.5) is 0 Å². The fourth-order valence-electron chi connectivity index (χ4n) is 1.66. The van der Waals surface area contributed by atoms with Crippen LogP contribution in [-0.4, -0.2) is 11.5 Å². The van der Waals surface area contributed by atoms with Gasteiger partial charge in [-0.3, -0.25) is 0 Å². The van der Waals surface area contributed by atoms with E-state index in [1.165, 1.54) is 34.8 Å². The van der Waals surface area contributed by atoms with E-state index in [0.717, 1.165) is 25.9 Å². The molecule has 0 unspecified atom stereocenters. The number of unbranched alkanes of at least 4 members (excludes halogenated alkanes) is 1. The van der Waals surface area contributed by atoms with Gasteiger partial charge in [-0.1, -0.05) is 27.2 Å². The zero-order valence-corrected chi connectivity index (χ0v) is 11.6. The zero-order valence-electron chi connectivity index (χ0n) is 10.8. The normalized spacial score (nSPS) is 10.9. The van der Waals surface area contributed by atoms with Crippen LogP contribution in [0.3, 0.4) is 0 Å².